The topological polar surface area (TPSA) is 94.6 Å². The van der Waals surface area contributed by atoms with Crippen LogP contribution in [0.25, 0.3) is 11.0 Å². The van der Waals surface area contributed by atoms with Crippen molar-refractivity contribution in [2.45, 2.75) is 38.1 Å². The summed E-state index contributed by atoms with van der Waals surface area (Å²) in [4.78, 5) is 24.3. The molecule has 4 rings (SSSR count). The van der Waals surface area contributed by atoms with Crippen molar-refractivity contribution >= 4 is 28.5 Å². The molecular weight excluding hydrogens is 332 g/mol. The van der Waals surface area contributed by atoms with Gasteiger partial charge in [-0.2, -0.15) is 0 Å². The Labute approximate surface area is 152 Å². The van der Waals surface area contributed by atoms with Gasteiger partial charge in [-0.3, -0.25) is 4.79 Å². The second-order valence-corrected chi connectivity index (χ2v) is 7.54. The molecule has 0 saturated heterocycles. The predicted octanol–water partition coefficient (Wildman–Crippen LogP) is 3.31. The number of ether oxygens (including phenoxy) is 1. The lowest BCUT2D eigenvalue weighted by Gasteiger charge is -2.43. The Bertz CT molecular complexity index is 829. The van der Waals surface area contributed by atoms with Crippen LogP contribution in [0.5, 0.6) is 0 Å². The summed E-state index contributed by atoms with van der Waals surface area (Å²) in [5.74, 6) is 0.659. The molecule has 2 aliphatic carbocycles. The summed E-state index contributed by atoms with van der Waals surface area (Å²) in [7, 11) is 1.31. The number of nitrogens with two attached hydrogens (primary N) is 1. The van der Waals surface area contributed by atoms with E-state index in [1.54, 1.807) is 18.2 Å². The molecule has 138 valence electrons. The SMILES string of the molecule is COC(=O)c1cc2cc(NC(=O)C3CC4CCCC(C3)C4N)ccc2o1. The summed E-state index contributed by atoms with van der Waals surface area (Å²) in [6.45, 7) is 0. The van der Waals surface area contributed by atoms with Crippen LogP contribution in [0.3, 0.4) is 0 Å². The van der Waals surface area contributed by atoms with Gasteiger partial charge < -0.3 is 20.2 Å². The molecule has 0 spiro atoms. The van der Waals surface area contributed by atoms with E-state index in [1.807, 2.05) is 6.07 Å². The predicted molar refractivity (Wildman–Crippen MR) is 97.7 cm³/mol. The first-order valence-corrected chi connectivity index (χ1v) is 9.23. The highest BCUT2D eigenvalue weighted by Crippen LogP contribution is 2.42. The largest absolute Gasteiger partial charge is 0.463 e. The van der Waals surface area contributed by atoms with Gasteiger partial charge in [0.25, 0.3) is 0 Å². The standard InChI is InChI=1S/C20H24N2O4/c1-25-20(24)17-10-13-9-15(5-6-16(13)26-17)22-19(23)14-7-11-3-2-4-12(8-14)18(11)21/h5-6,9-12,14,18H,2-4,7-8,21H2,1H3,(H,22,23). The van der Waals surface area contributed by atoms with Crippen molar-refractivity contribution in [1.82, 2.24) is 0 Å². The van der Waals surface area contributed by atoms with Crippen LogP contribution in [0.4, 0.5) is 5.69 Å². The van der Waals surface area contributed by atoms with Crippen molar-refractivity contribution in [3.8, 4) is 0 Å². The lowest BCUT2D eigenvalue weighted by Crippen LogP contribution is -2.48. The van der Waals surface area contributed by atoms with Crippen LogP contribution in [0.1, 0.15) is 42.7 Å². The smallest absolute Gasteiger partial charge is 0.373 e. The Hall–Kier alpha value is -2.34. The van der Waals surface area contributed by atoms with E-state index < -0.39 is 5.97 Å². The Kier molecular flexibility index (Phi) is 4.44. The summed E-state index contributed by atoms with van der Waals surface area (Å²) in [6.07, 6.45) is 5.27. The van der Waals surface area contributed by atoms with Crippen LogP contribution in [0.2, 0.25) is 0 Å². The molecule has 0 radical (unpaired) electrons. The number of benzene rings is 1. The van der Waals surface area contributed by atoms with Crippen LogP contribution in [0.15, 0.2) is 28.7 Å². The van der Waals surface area contributed by atoms with Gasteiger partial charge in [0.05, 0.1) is 7.11 Å². The highest BCUT2D eigenvalue weighted by molar-refractivity contribution is 5.97. The number of amides is 1. The maximum Gasteiger partial charge on any atom is 0.373 e. The number of esters is 1. The fourth-order valence-corrected chi connectivity index (χ4v) is 4.57. The molecule has 1 aromatic carbocycles. The number of hydrogen-bond acceptors (Lipinski definition) is 5. The first kappa shape index (κ1) is 17.1. The molecule has 2 fully saturated rings. The Morgan fingerprint density at radius 1 is 1.19 bits per heavy atom. The van der Waals surface area contributed by atoms with Crippen molar-refractivity contribution < 1.29 is 18.7 Å². The van der Waals surface area contributed by atoms with Crippen LogP contribution in [-0.2, 0) is 9.53 Å². The van der Waals surface area contributed by atoms with Gasteiger partial charge in [-0.15, -0.1) is 0 Å². The van der Waals surface area contributed by atoms with Crippen LogP contribution >= 0.6 is 0 Å². The molecule has 2 atom stereocenters. The Morgan fingerprint density at radius 2 is 1.92 bits per heavy atom. The van der Waals surface area contributed by atoms with Crippen molar-refractivity contribution in [3.63, 3.8) is 0 Å². The summed E-state index contributed by atoms with van der Waals surface area (Å²) >= 11 is 0. The van der Waals surface area contributed by atoms with Crippen LogP contribution in [0, 0.1) is 17.8 Å². The fourth-order valence-electron chi connectivity index (χ4n) is 4.57. The molecule has 2 unspecified atom stereocenters. The molecular formula is C20H24N2O4. The zero-order chi connectivity index (χ0) is 18.3. The third kappa shape index (κ3) is 3.09. The zero-order valence-corrected chi connectivity index (χ0v) is 14.9. The van der Waals surface area contributed by atoms with Gasteiger partial charge in [0.2, 0.25) is 11.7 Å². The van der Waals surface area contributed by atoms with Gasteiger partial charge in [0, 0.05) is 23.0 Å². The van der Waals surface area contributed by atoms with Crippen LogP contribution < -0.4 is 11.1 Å². The molecule has 2 aliphatic rings. The number of hydrogen-bond donors (Lipinski definition) is 2. The van der Waals surface area contributed by atoms with E-state index in [0.717, 1.165) is 31.1 Å². The molecule has 2 aromatic rings. The Morgan fingerprint density at radius 3 is 2.62 bits per heavy atom. The number of furan rings is 1. The van der Waals surface area contributed by atoms with Gasteiger partial charge in [-0.05, 0) is 61.8 Å². The van der Waals surface area contributed by atoms with E-state index >= 15 is 0 Å². The minimum Gasteiger partial charge on any atom is -0.463 e. The van der Waals surface area contributed by atoms with E-state index in [2.05, 4.69) is 10.1 Å². The summed E-state index contributed by atoms with van der Waals surface area (Å²) in [6, 6.07) is 7.24. The number of carbonyl (C=O) groups excluding carboxylic acids is 2. The third-order valence-electron chi connectivity index (χ3n) is 5.95. The Balaban J connectivity index is 1.48. The number of fused-ring (bicyclic) bond motifs is 3. The van der Waals surface area contributed by atoms with Gasteiger partial charge >= 0.3 is 5.97 Å². The quantitative estimate of drug-likeness (QED) is 0.823. The van der Waals surface area contributed by atoms with Crippen molar-refractivity contribution in [1.29, 1.82) is 0 Å². The van der Waals surface area contributed by atoms with Crippen molar-refractivity contribution in [2.24, 2.45) is 23.5 Å². The number of carbonyl (C=O) groups is 2. The molecule has 3 N–H and O–H groups in total. The zero-order valence-electron chi connectivity index (χ0n) is 14.9. The first-order chi connectivity index (χ1) is 12.5. The van der Waals surface area contributed by atoms with Gasteiger partial charge in [0.1, 0.15) is 5.58 Å². The average Bonchev–Trinajstić information content (AvgIpc) is 3.04. The van der Waals surface area contributed by atoms with Gasteiger partial charge in [-0.1, -0.05) is 6.42 Å². The summed E-state index contributed by atoms with van der Waals surface area (Å²) < 4.78 is 10.1. The van der Waals surface area contributed by atoms with Gasteiger partial charge in [0.15, 0.2) is 0 Å². The molecule has 26 heavy (non-hydrogen) atoms. The van der Waals surface area contributed by atoms with E-state index in [9.17, 15) is 9.59 Å². The van der Waals surface area contributed by atoms with E-state index in [0.29, 0.717) is 23.1 Å². The number of anilines is 1. The summed E-state index contributed by atoms with van der Waals surface area (Å²) in [5, 5.41) is 3.78. The van der Waals surface area contributed by atoms with Gasteiger partial charge in [-0.25, -0.2) is 4.79 Å². The second kappa shape index (κ2) is 6.76. The normalized spacial score (nSPS) is 27.9. The fraction of sp³-hybridized carbons (Fsp3) is 0.500. The van der Waals surface area contributed by atoms with E-state index in [1.165, 1.54) is 13.5 Å². The monoisotopic (exact) mass is 356 g/mol. The summed E-state index contributed by atoms with van der Waals surface area (Å²) in [5.41, 5.74) is 7.61. The highest BCUT2D eigenvalue weighted by atomic mass is 16.5. The second-order valence-electron chi connectivity index (χ2n) is 7.54. The van der Waals surface area contributed by atoms with Crippen LogP contribution in [-0.4, -0.2) is 25.0 Å². The van der Waals surface area contributed by atoms with E-state index in [-0.39, 0.29) is 23.6 Å². The lowest BCUT2D eigenvalue weighted by atomic mass is 9.65. The number of nitrogens with one attached hydrogen (secondary N) is 1. The minimum atomic E-state index is -0.517. The average molecular weight is 356 g/mol. The molecule has 1 heterocycles. The minimum absolute atomic E-state index is 0.0239. The highest BCUT2D eigenvalue weighted by Gasteiger charge is 2.40. The molecule has 6 nitrogen and oxygen atoms in total. The molecule has 2 bridgehead atoms. The third-order valence-corrected chi connectivity index (χ3v) is 5.95. The maximum atomic E-state index is 12.8. The number of rotatable bonds is 3. The van der Waals surface area contributed by atoms with Crippen molar-refractivity contribution in [3.05, 3.63) is 30.0 Å². The molecule has 0 aliphatic heterocycles. The molecule has 1 amide bonds. The first-order valence-electron chi connectivity index (χ1n) is 9.23. The van der Waals surface area contributed by atoms with Crippen molar-refractivity contribution in [2.75, 3.05) is 12.4 Å². The lowest BCUT2D eigenvalue weighted by molar-refractivity contribution is -0.122. The number of methoxy groups -OCH3 is 1. The van der Waals surface area contributed by atoms with E-state index in [4.69, 9.17) is 10.2 Å². The molecule has 2 saturated carbocycles. The maximum absolute atomic E-state index is 12.8. The molecule has 6 heteroatoms. The molecule has 1 aromatic heterocycles.